The van der Waals surface area contributed by atoms with Crippen LogP contribution in [0.5, 0.6) is 5.75 Å². The lowest BCUT2D eigenvalue weighted by Crippen LogP contribution is -2.36. The second kappa shape index (κ2) is 13.6. The zero-order valence-electron chi connectivity index (χ0n) is 17.7. The number of rotatable bonds is 12. The fourth-order valence-corrected chi connectivity index (χ4v) is 2.71. The average molecular weight is 400 g/mol. The van der Waals surface area contributed by atoms with Gasteiger partial charge in [-0.3, -0.25) is 0 Å². The van der Waals surface area contributed by atoms with Crippen LogP contribution < -0.4 is 15.4 Å². The van der Waals surface area contributed by atoms with Gasteiger partial charge in [0.1, 0.15) is 5.75 Å². The Morgan fingerprint density at radius 1 is 0.897 bits per heavy atom. The molecule has 0 aliphatic carbocycles. The van der Waals surface area contributed by atoms with E-state index in [0.717, 1.165) is 36.0 Å². The summed E-state index contributed by atoms with van der Waals surface area (Å²) in [6.07, 6.45) is 0. The summed E-state index contributed by atoms with van der Waals surface area (Å²) in [4.78, 5) is 4.70. The first-order valence-electron chi connectivity index (χ1n) is 10.1. The van der Waals surface area contributed by atoms with E-state index in [1.165, 1.54) is 5.56 Å². The maximum Gasteiger partial charge on any atom is 0.191 e. The summed E-state index contributed by atoms with van der Waals surface area (Å²) in [6.45, 7) is 8.69. The number of nitrogens with one attached hydrogen (secondary N) is 2. The molecule has 0 fully saturated rings. The molecule has 2 aromatic rings. The Morgan fingerprint density at radius 3 is 2.38 bits per heavy atom. The van der Waals surface area contributed by atoms with Gasteiger partial charge in [0.2, 0.25) is 0 Å². The molecule has 0 radical (unpaired) electrons. The first-order valence-corrected chi connectivity index (χ1v) is 10.1. The molecular formula is C23H33N3O3. The van der Waals surface area contributed by atoms with Gasteiger partial charge in [-0.15, -0.1) is 0 Å². The summed E-state index contributed by atoms with van der Waals surface area (Å²) >= 11 is 0. The van der Waals surface area contributed by atoms with Gasteiger partial charge < -0.3 is 24.8 Å². The van der Waals surface area contributed by atoms with Crippen LogP contribution >= 0.6 is 0 Å². The molecule has 29 heavy (non-hydrogen) atoms. The van der Waals surface area contributed by atoms with E-state index in [1.54, 1.807) is 7.11 Å². The van der Waals surface area contributed by atoms with Gasteiger partial charge in [-0.05, 0) is 42.7 Å². The molecule has 0 saturated heterocycles. The summed E-state index contributed by atoms with van der Waals surface area (Å²) in [7, 11) is 1.67. The number of methoxy groups -OCH3 is 1. The zero-order chi connectivity index (χ0) is 20.7. The highest BCUT2D eigenvalue weighted by Gasteiger charge is 2.01. The first kappa shape index (κ1) is 22.7. The highest BCUT2D eigenvalue weighted by Crippen LogP contribution is 2.11. The van der Waals surface area contributed by atoms with Crippen LogP contribution in [0.15, 0.2) is 53.5 Å². The Morgan fingerprint density at radius 2 is 1.66 bits per heavy atom. The average Bonchev–Trinajstić information content (AvgIpc) is 2.76. The second-order valence-electron chi connectivity index (χ2n) is 6.47. The van der Waals surface area contributed by atoms with Gasteiger partial charge in [-0.25, -0.2) is 4.99 Å². The lowest BCUT2D eigenvalue weighted by molar-refractivity contribution is 0.0453. The minimum atomic E-state index is 0.584. The van der Waals surface area contributed by atoms with E-state index in [2.05, 4.69) is 35.8 Å². The van der Waals surface area contributed by atoms with Crippen molar-refractivity contribution in [3.63, 3.8) is 0 Å². The molecule has 2 aromatic carbocycles. The normalized spacial score (nSPS) is 11.3. The molecule has 0 saturated carbocycles. The number of benzene rings is 2. The summed E-state index contributed by atoms with van der Waals surface area (Å²) in [5.74, 6) is 1.65. The summed E-state index contributed by atoms with van der Waals surface area (Å²) < 4.78 is 16.1. The zero-order valence-corrected chi connectivity index (χ0v) is 17.7. The molecule has 0 aliphatic rings. The number of aliphatic imine (C=N–C) groups is 1. The monoisotopic (exact) mass is 399 g/mol. The number of nitrogens with zero attached hydrogens (tertiary/aromatic N) is 1. The highest BCUT2D eigenvalue weighted by atomic mass is 16.5. The molecule has 2 rings (SSSR count). The van der Waals surface area contributed by atoms with Crippen LogP contribution in [0.1, 0.15) is 30.5 Å². The Kier molecular flexibility index (Phi) is 10.6. The van der Waals surface area contributed by atoms with E-state index in [0.29, 0.717) is 32.9 Å². The van der Waals surface area contributed by atoms with Crippen molar-refractivity contribution in [1.82, 2.24) is 10.6 Å². The molecule has 2 N–H and O–H groups in total. The number of ether oxygens (including phenoxy) is 3. The van der Waals surface area contributed by atoms with Crippen molar-refractivity contribution < 1.29 is 14.2 Å². The van der Waals surface area contributed by atoms with Crippen molar-refractivity contribution >= 4 is 5.96 Å². The Labute approximate surface area is 174 Å². The Bertz CT molecular complexity index is 732. The van der Waals surface area contributed by atoms with Crippen molar-refractivity contribution in [2.45, 2.75) is 33.5 Å². The smallest absolute Gasteiger partial charge is 0.191 e. The minimum Gasteiger partial charge on any atom is -0.497 e. The molecule has 0 bridgehead atoms. The standard InChI is InChI=1S/C23H33N3O3/c1-4-24-23(25-16-19-9-11-22(27-3)12-10-19)26-17-20-7-6-8-21(15-20)18-29-14-13-28-5-2/h6-12,15H,4-5,13-14,16-18H2,1-3H3,(H2,24,25,26). The minimum absolute atomic E-state index is 0.584. The van der Waals surface area contributed by atoms with Crippen LogP contribution in [0.3, 0.4) is 0 Å². The highest BCUT2D eigenvalue weighted by molar-refractivity contribution is 5.79. The third-order valence-corrected chi connectivity index (χ3v) is 4.22. The van der Waals surface area contributed by atoms with Gasteiger partial charge in [0.25, 0.3) is 0 Å². The molecule has 0 heterocycles. The van der Waals surface area contributed by atoms with Gasteiger partial charge in [0, 0.05) is 19.7 Å². The van der Waals surface area contributed by atoms with Crippen LogP contribution in [-0.2, 0) is 29.2 Å². The van der Waals surface area contributed by atoms with Crippen molar-refractivity contribution in [1.29, 1.82) is 0 Å². The van der Waals surface area contributed by atoms with E-state index < -0.39 is 0 Å². The SMILES string of the molecule is CCNC(=NCc1cccc(COCCOCC)c1)NCc1ccc(OC)cc1. The molecule has 6 nitrogen and oxygen atoms in total. The lowest BCUT2D eigenvalue weighted by Gasteiger charge is -2.12. The maximum absolute atomic E-state index is 5.65. The van der Waals surface area contributed by atoms with Gasteiger partial charge in [-0.1, -0.05) is 36.4 Å². The molecule has 0 aliphatic heterocycles. The van der Waals surface area contributed by atoms with E-state index in [9.17, 15) is 0 Å². The molecule has 0 aromatic heterocycles. The van der Waals surface area contributed by atoms with Crippen LogP contribution in [0, 0.1) is 0 Å². The molecule has 0 spiro atoms. The van der Waals surface area contributed by atoms with Crippen LogP contribution in [0.25, 0.3) is 0 Å². The van der Waals surface area contributed by atoms with E-state index in [4.69, 9.17) is 19.2 Å². The molecule has 6 heteroatoms. The fraction of sp³-hybridized carbons (Fsp3) is 0.435. The Hall–Kier alpha value is -2.57. The van der Waals surface area contributed by atoms with E-state index in [1.807, 2.05) is 37.3 Å². The number of hydrogen-bond donors (Lipinski definition) is 2. The molecular weight excluding hydrogens is 366 g/mol. The maximum atomic E-state index is 5.65. The molecule has 0 unspecified atom stereocenters. The van der Waals surface area contributed by atoms with Crippen LogP contribution in [-0.4, -0.2) is 39.4 Å². The lowest BCUT2D eigenvalue weighted by atomic mass is 10.1. The first-order chi connectivity index (χ1) is 14.2. The predicted molar refractivity (Wildman–Crippen MR) is 117 cm³/mol. The summed E-state index contributed by atoms with van der Waals surface area (Å²) in [5.41, 5.74) is 3.46. The van der Waals surface area contributed by atoms with Crippen molar-refractivity contribution in [2.24, 2.45) is 4.99 Å². The number of hydrogen-bond acceptors (Lipinski definition) is 4. The van der Waals surface area contributed by atoms with Crippen LogP contribution in [0.2, 0.25) is 0 Å². The van der Waals surface area contributed by atoms with Crippen molar-refractivity contribution in [3.8, 4) is 5.75 Å². The van der Waals surface area contributed by atoms with Gasteiger partial charge in [0.05, 0.1) is 33.5 Å². The number of guanidine groups is 1. The summed E-state index contributed by atoms with van der Waals surface area (Å²) in [6, 6.07) is 16.4. The third kappa shape index (κ3) is 8.98. The van der Waals surface area contributed by atoms with Gasteiger partial charge in [-0.2, -0.15) is 0 Å². The summed E-state index contributed by atoms with van der Waals surface area (Å²) in [5, 5.41) is 6.66. The third-order valence-electron chi connectivity index (χ3n) is 4.22. The topological polar surface area (TPSA) is 64.1 Å². The van der Waals surface area contributed by atoms with Crippen molar-refractivity contribution in [2.75, 3.05) is 33.5 Å². The van der Waals surface area contributed by atoms with E-state index in [-0.39, 0.29) is 0 Å². The van der Waals surface area contributed by atoms with Crippen molar-refractivity contribution in [3.05, 3.63) is 65.2 Å². The largest absolute Gasteiger partial charge is 0.497 e. The van der Waals surface area contributed by atoms with Gasteiger partial charge >= 0.3 is 0 Å². The molecule has 0 atom stereocenters. The fourth-order valence-electron chi connectivity index (χ4n) is 2.71. The predicted octanol–water partition coefficient (Wildman–Crippen LogP) is 3.50. The molecule has 0 amide bonds. The quantitative estimate of drug-likeness (QED) is 0.325. The van der Waals surface area contributed by atoms with Crippen LogP contribution in [0.4, 0.5) is 0 Å². The second-order valence-corrected chi connectivity index (χ2v) is 6.47. The Balaban J connectivity index is 1.87. The van der Waals surface area contributed by atoms with Gasteiger partial charge in [0.15, 0.2) is 5.96 Å². The van der Waals surface area contributed by atoms with E-state index >= 15 is 0 Å². The molecule has 158 valence electrons.